The van der Waals surface area contributed by atoms with Crippen molar-refractivity contribution in [2.75, 3.05) is 20.3 Å². The van der Waals surface area contributed by atoms with Crippen LogP contribution in [0.5, 0.6) is 17.2 Å². The van der Waals surface area contributed by atoms with Gasteiger partial charge in [0.25, 0.3) is 0 Å². The van der Waals surface area contributed by atoms with Crippen LogP contribution >= 0.6 is 0 Å². The molecule has 0 saturated carbocycles. The minimum absolute atomic E-state index is 0.156. The molecule has 7 heteroatoms. The van der Waals surface area contributed by atoms with Crippen molar-refractivity contribution in [3.05, 3.63) is 48.0 Å². The first kappa shape index (κ1) is 17.6. The molecule has 1 aliphatic rings. The van der Waals surface area contributed by atoms with E-state index < -0.39 is 10.0 Å². The minimum atomic E-state index is -3.69. The summed E-state index contributed by atoms with van der Waals surface area (Å²) in [6, 6.07) is 11.7. The Hall–Kier alpha value is -2.25. The van der Waals surface area contributed by atoms with Gasteiger partial charge in [-0.1, -0.05) is 19.1 Å². The monoisotopic (exact) mass is 363 g/mol. The van der Waals surface area contributed by atoms with E-state index >= 15 is 0 Å². The van der Waals surface area contributed by atoms with Gasteiger partial charge >= 0.3 is 0 Å². The Bertz CT molecular complexity index is 833. The fourth-order valence-electron chi connectivity index (χ4n) is 2.67. The molecule has 0 radical (unpaired) electrons. The van der Waals surface area contributed by atoms with Crippen LogP contribution < -0.4 is 18.9 Å². The van der Waals surface area contributed by atoms with Gasteiger partial charge in [0.1, 0.15) is 19.0 Å². The van der Waals surface area contributed by atoms with Gasteiger partial charge in [-0.25, -0.2) is 13.1 Å². The molecule has 0 bridgehead atoms. The predicted molar refractivity (Wildman–Crippen MR) is 93.8 cm³/mol. The van der Waals surface area contributed by atoms with Crippen molar-refractivity contribution in [2.24, 2.45) is 0 Å². The molecule has 6 nitrogen and oxygen atoms in total. The molecule has 0 saturated heterocycles. The van der Waals surface area contributed by atoms with Gasteiger partial charge in [-0.15, -0.1) is 0 Å². The van der Waals surface area contributed by atoms with Gasteiger partial charge in [-0.2, -0.15) is 0 Å². The first-order chi connectivity index (χ1) is 12.0. The molecule has 3 rings (SSSR count). The Balaban J connectivity index is 1.83. The van der Waals surface area contributed by atoms with Crippen LogP contribution in [0.4, 0.5) is 0 Å². The summed E-state index contributed by atoms with van der Waals surface area (Å²) in [6.45, 7) is 2.81. The van der Waals surface area contributed by atoms with E-state index in [4.69, 9.17) is 14.2 Å². The van der Waals surface area contributed by atoms with Crippen molar-refractivity contribution in [1.29, 1.82) is 0 Å². The normalized spacial score (nSPS) is 14.8. The van der Waals surface area contributed by atoms with Crippen LogP contribution in [0.25, 0.3) is 0 Å². The fraction of sp³-hybridized carbons (Fsp3) is 0.333. The number of benzene rings is 2. The van der Waals surface area contributed by atoms with E-state index in [1.807, 2.05) is 31.2 Å². The number of nitrogens with one attached hydrogen (secondary N) is 1. The summed E-state index contributed by atoms with van der Waals surface area (Å²) < 4.78 is 44.3. The number of rotatable bonds is 6. The molecule has 1 N–H and O–H groups in total. The quantitative estimate of drug-likeness (QED) is 0.854. The summed E-state index contributed by atoms with van der Waals surface area (Å²) >= 11 is 0. The fourth-order valence-corrected chi connectivity index (χ4v) is 3.99. The van der Waals surface area contributed by atoms with Crippen LogP contribution in [0, 0.1) is 0 Å². The van der Waals surface area contributed by atoms with Crippen LogP contribution in [-0.4, -0.2) is 28.7 Å². The van der Waals surface area contributed by atoms with E-state index in [1.165, 1.54) is 12.1 Å². The highest BCUT2D eigenvalue weighted by Crippen LogP contribution is 2.32. The van der Waals surface area contributed by atoms with Crippen molar-refractivity contribution in [3.63, 3.8) is 0 Å². The van der Waals surface area contributed by atoms with E-state index in [9.17, 15) is 8.42 Å². The molecule has 0 spiro atoms. The van der Waals surface area contributed by atoms with Crippen molar-refractivity contribution < 1.29 is 22.6 Å². The van der Waals surface area contributed by atoms with E-state index in [-0.39, 0.29) is 10.9 Å². The zero-order chi connectivity index (χ0) is 17.9. The molecule has 25 heavy (non-hydrogen) atoms. The third-order valence-corrected chi connectivity index (χ3v) is 5.52. The maximum absolute atomic E-state index is 12.8. The van der Waals surface area contributed by atoms with Gasteiger partial charge in [-0.3, -0.25) is 0 Å². The van der Waals surface area contributed by atoms with Crippen LogP contribution in [-0.2, 0) is 10.0 Å². The Morgan fingerprint density at radius 2 is 1.76 bits per heavy atom. The maximum atomic E-state index is 12.8. The molecule has 1 heterocycles. The highest BCUT2D eigenvalue weighted by molar-refractivity contribution is 7.89. The molecule has 2 aromatic carbocycles. The van der Waals surface area contributed by atoms with E-state index in [2.05, 4.69) is 4.72 Å². The lowest BCUT2D eigenvalue weighted by Gasteiger charge is -2.21. The molecular weight excluding hydrogens is 342 g/mol. The summed E-state index contributed by atoms with van der Waals surface area (Å²) in [6.07, 6.45) is 0.621. The van der Waals surface area contributed by atoms with Gasteiger partial charge in [0.05, 0.1) is 12.0 Å². The van der Waals surface area contributed by atoms with Gasteiger partial charge in [-0.05, 0) is 36.2 Å². The molecule has 134 valence electrons. The Morgan fingerprint density at radius 1 is 1.08 bits per heavy atom. The number of ether oxygens (including phenoxy) is 3. The minimum Gasteiger partial charge on any atom is -0.497 e. The second kappa shape index (κ2) is 7.33. The lowest BCUT2D eigenvalue weighted by atomic mass is 10.1. The van der Waals surface area contributed by atoms with Crippen molar-refractivity contribution in [1.82, 2.24) is 4.72 Å². The van der Waals surface area contributed by atoms with Gasteiger partial charge in [0, 0.05) is 12.1 Å². The van der Waals surface area contributed by atoms with Crippen molar-refractivity contribution in [2.45, 2.75) is 24.3 Å². The van der Waals surface area contributed by atoms with Crippen LogP contribution in [0.2, 0.25) is 0 Å². The lowest BCUT2D eigenvalue weighted by Crippen LogP contribution is -2.28. The largest absolute Gasteiger partial charge is 0.497 e. The first-order valence-corrected chi connectivity index (χ1v) is 9.57. The molecule has 0 amide bonds. The molecule has 0 fully saturated rings. The van der Waals surface area contributed by atoms with Crippen molar-refractivity contribution in [3.8, 4) is 17.2 Å². The molecule has 0 aliphatic carbocycles. The highest BCUT2D eigenvalue weighted by atomic mass is 32.2. The third-order valence-electron chi connectivity index (χ3n) is 4.05. The van der Waals surface area contributed by atoms with Crippen LogP contribution in [0.1, 0.15) is 24.9 Å². The molecule has 2 aromatic rings. The van der Waals surface area contributed by atoms with Gasteiger partial charge < -0.3 is 14.2 Å². The van der Waals surface area contributed by atoms with Gasteiger partial charge in [0.15, 0.2) is 11.5 Å². The average molecular weight is 363 g/mol. The molecule has 1 aliphatic heterocycles. The first-order valence-electron chi connectivity index (χ1n) is 8.09. The number of methoxy groups -OCH3 is 1. The summed E-state index contributed by atoms with van der Waals surface area (Å²) in [4.78, 5) is 0.156. The summed E-state index contributed by atoms with van der Waals surface area (Å²) in [5.74, 6) is 1.74. The molecular formula is C18H21NO5S. The standard InChI is InChI=1S/C18H21NO5S/c1-3-16(13-4-6-14(22-2)7-5-13)19-25(20,21)15-8-9-17-18(12-15)24-11-10-23-17/h4-9,12,16,19H,3,10-11H2,1-2H3/t16-/m0/s1. The number of hydrogen-bond acceptors (Lipinski definition) is 5. The molecule has 0 unspecified atom stereocenters. The van der Waals surface area contributed by atoms with E-state index in [0.717, 1.165) is 11.3 Å². The van der Waals surface area contributed by atoms with Gasteiger partial charge in [0.2, 0.25) is 10.0 Å². The van der Waals surface area contributed by atoms with E-state index in [0.29, 0.717) is 31.1 Å². The smallest absolute Gasteiger partial charge is 0.241 e. The molecule has 0 aromatic heterocycles. The number of sulfonamides is 1. The Morgan fingerprint density at radius 3 is 2.40 bits per heavy atom. The second-order valence-electron chi connectivity index (χ2n) is 5.66. The summed E-state index contributed by atoms with van der Waals surface area (Å²) in [7, 11) is -2.09. The van der Waals surface area contributed by atoms with Crippen LogP contribution in [0.15, 0.2) is 47.4 Å². The highest BCUT2D eigenvalue weighted by Gasteiger charge is 2.23. The second-order valence-corrected chi connectivity index (χ2v) is 7.37. The predicted octanol–water partition coefficient (Wildman–Crippen LogP) is 2.90. The summed E-state index contributed by atoms with van der Waals surface area (Å²) in [5, 5.41) is 0. The van der Waals surface area contributed by atoms with Crippen molar-refractivity contribution >= 4 is 10.0 Å². The Kier molecular flexibility index (Phi) is 5.15. The van der Waals surface area contributed by atoms with Crippen LogP contribution in [0.3, 0.4) is 0 Å². The number of hydrogen-bond donors (Lipinski definition) is 1. The lowest BCUT2D eigenvalue weighted by molar-refractivity contribution is 0.171. The zero-order valence-corrected chi connectivity index (χ0v) is 15.0. The maximum Gasteiger partial charge on any atom is 0.241 e. The zero-order valence-electron chi connectivity index (χ0n) is 14.2. The van der Waals surface area contributed by atoms with E-state index in [1.54, 1.807) is 13.2 Å². The Labute approximate surface area is 147 Å². The molecule has 1 atom stereocenters. The average Bonchev–Trinajstić information content (AvgIpc) is 2.66. The third kappa shape index (κ3) is 3.88. The SMILES string of the molecule is CC[C@H](NS(=O)(=O)c1ccc2c(c1)OCCO2)c1ccc(OC)cc1. The topological polar surface area (TPSA) is 73.9 Å². The summed E-state index contributed by atoms with van der Waals surface area (Å²) in [5.41, 5.74) is 0.879. The number of fused-ring (bicyclic) bond motifs is 1.